The van der Waals surface area contributed by atoms with E-state index < -0.39 is 0 Å². The van der Waals surface area contributed by atoms with E-state index in [9.17, 15) is 0 Å². The average molecular weight is 154 g/mol. The molecule has 0 atom stereocenters. The predicted octanol–water partition coefficient (Wildman–Crippen LogP) is 1.83. The van der Waals surface area contributed by atoms with Crippen molar-refractivity contribution in [3.63, 3.8) is 0 Å². The zero-order chi connectivity index (χ0) is 6.97. The third kappa shape index (κ3) is 0.827. The van der Waals surface area contributed by atoms with Crippen LogP contribution in [0.3, 0.4) is 0 Å². The van der Waals surface area contributed by atoms with Crippen LogP contribution >= 0.6 is 11.8 Å². The number of phenols is 1. The lowest BCUT2D eigenvalue weighted by molar-refractivity contribution is 0.392. The molecule has 0 saturated carbocycles. The average Bonchev–Trinajstić information content (AvgIpc) is 2.33. The van der Waals surface area contributed by atoms with Crippen LogP contribution in [0.1, 0.15) is 0 Å². The summed E-state index contributed by atoms with van der Waals surface area (Å²) in [7, 11) is 0. The summed E-state index contributed by atoms with van der Waals surface area (Å²) in [5, 5.41) is 9.01. The molecule has 3 heteroatoms. The first-order valence-electron chi connectivity index (χ1n) is 2.95. The summed E-state index contributed by atoms with van der Waals surface area (Å²) >= 11 is 1.64. The molecule has 1 aromatic carbocycles. The number of fused-ring (bicyclic) bond motifs is 1. The Balaban J connectivity index is 2.52. The largest absolute Gasteiger partial charge is 0.508 e. The second-order valence-corrected chi connectivity index (χ2v) is 3.00. The highest BCUT2D eigenvalue weighted by Gasteiger charge is 2.11. The second-order valence-electron chi connectivity index (χ2n) is 2.04. The number of benzene rings is 1. The van der Waals surface area contributed by atoms with Crippen molar-refractivity contribution >= 4 is 11.8 Å². The molecule has 0 aliphatic carbocycles. The van der Waals surface area contributed by atoms with Gasteiger partial charge in [-0.05, 0) is 12.1 Å². The first-order chi connectivity index (χ1) is 4.86. The molecule has 0 bridgehead atoms. The number of aromatic hydroxyl groups is 1. The number of phenolic OH excluding ortho intramolecular Hbond substituents is 1. The predicted molar refractivity (Wildman–Crippen MR) is 39.5 cm³/mol. The molecule has 0 unspecified atom stereocenters. The van der Waals surface area contributed by atoms with Gasteiger partial charge in [0.15, 0.2) is 0 Å². The topological polar surface area (TPSA) is 29.5 Å². The molecule has 0 radical (unpaired) electrons. The van der Waals surface area contributed by atoms with E-state index in [1.54, 1.807) is 23.9 Å². The van der Waals surface area contributed by atoms with Crippen LogP contribution < -0.4 is 4.74 Å². The lowest BCUT2D eigenvalue weighted by Crippen LogP contribution is -1.81. The molecule has 1 aliphatic rings. The Labute approximate surface area is 62.8 Å². The van der Waals surface area contributed by atoms with Crippen LogP contribution in [0.5, 0.6) is 11.5 Å². The molecule has 10 heavy (non-hydrogen) atoms. The Morgan fingerprint density at radius 2 is 2.40 bits per heavy atom. The Kier molecular flexibility index (Phi) is 1.24. The molecule has 1 heterocycles. The first-order valence-corrected chi connectivity index (χ1v) is 3.93. The number of thioether (sulfide) groups is 1. The van der Waals surface area contributed by atoms with Crippen molar-refractivity contribution in [1.82, 2.24) is 0 Å². The molecule has 0 saturated heterocycles. The Morgan fingerprint density at radius 3 is 3.30 bits per heavy atom. The molecule has 0 amide bonds. The fraction of sp³-hybridized carbons (Fsp3) is 0.143. The van der Waals surface area contributed by atoms with Crippen molar-refractivity contribution in [3.05, 3.63) is 18.2 Å². The molecule has 0 aromatic heterocycles. The molecular weight excluding hydrogens is 148 g/mol. The zero-order valence-electron chi connectivity index (χ0n) is 5.20. The fourth-order valence-corrected chi connectivity index (χ4v) is 1.62. The van der Waals surface area contributed by atoms with Gasteiger partial charge in [-0.25, -0.2) is 0 Å². The number of hydrogen-bond donors (Lipinski definition) is 1. The van der Waals surface area contributed by atoms with E-state index in [-0.39, 0.29) is 5.75 Å². The van der Waals surface area contributed by atoms with Crippen LogP contribution in [-0.4, -0.2) is 11.0 Å². The molecule has 52 valence electrons. The van der Waals surface area contributed by atoms with Crippen LogP contribution in [0, 0.1) is 0 Å². The van der Waals surface area contributed by atoms with Gasteiger partial charge in [-0.2, -0.15) is 0 Å². The van der Waals surface area contributed by atoms with Gasteiger partial charge >= 0.3 is 0 Å². The number of hydrogen-bond acceptors (Lipinski definition) is 3. The smallest absolute Gasteiger partial charge is 0.138 e. The molecule has 2 nitrogen and oxygen atoms in total. The lowest BCUT2D eigenvalue weighted by atomic mass is 10.3. The summed E-state index contributed by atoms with van der Waals surface area (Å²) in [5.74, 6) is 1.73. The maximum atomic E-state index is 9.01. The van der Waals surface area contributed by atoms with Crippen molar-refractivity contribution in [2.45, 2.75) is 4.90 Å². The van der Waals surface area contributed by atoms with Crippen molar-refractivity contribution in [1.29, 1.82) is 0 Å². The quantitative estimate of drug-likeness (QED) is 0.618. The van der Waals surface area contributed by atoms with Crippen molar-refractivity contribution in [3.8, 4) is 11.5 Å². The standard InChI is InChI=1S/C7H6O2S/c8-5-1-2-7-6(3-5)9-4-10-7/h1-3,8H,4H2. The molecule has 1 aliphatic heterocycles. The molecule has 1 aromatic rings. The lowest BCUT2D eigenvalue weighted by Gasteiger charge is -1.95. The summed E-state index contributed by atoms with van der Waals surface area (Å²) in [6, 6.07) is 5.16. The maximum Gasteiger partial charge on any atom is 0.138 e. The van der Waals surface area contributed by atoms with Gasteiger partial charge in [0, 0.05) is 6.07 Å². The summed E-state index contributed by atoms with van der Waals surface area (Å²) in [6.45, 7) is 0. The number of ether oxygens (including phenoxy) is 1. The normalized spacial score (nSPS) is 14.4. The molecular formula is C7H6O2S. The number of rotatable bonds is 0. The highest BCUT2D eigenvalue weighted by molar-refractivity contribution is 7.99. The minimum absolute atomic E-state index is 0.265. The summed E-state index contributed by atoms with van der Waals surface area (Å²) in [5.41, 5.74) is 0. The van der Waals surface area contributed by atoms with Crippen LogP contribution in [0.4, 0.5) is 0 Å². The van der Waals surface area contributed by atoms with E-state index in [4.69, 9.17) is 9.84 Å². The second kappa shape index (κ2) is 2.09. The van der Waals surface area contributed by atoms with Gasteiger partial charge in [0.05, 0.1) is 4.90 Å². The van der Waals surface area contributed by atoms with Gasteiger partial charge in [-0.3, -0.25) is 0 Å². The highest BCUT2D eigenvalue weighted by Crippen LogP contribution is 2.37. The van der Waals surface area contributed by atoms with Crippen molar-refractivity contribution < 1.29 is 9.84 Å². The Bertz CT molecular complexity index is 260. The van der Waals surface area contributed by atoms with Gasteiger partial charge in [0.2, 0.25) is 0 Å². The van der Waals surface area contributed by atoms with Crippen molar-refractivity contribution in [2.75, 3.05) is 5.94 Å². The summed E-state index contributed by atoms with van der Waals surface area (Å²) in [4.78, 5) is 1.11. The molecule has 0 spiro atoms. The molecule has 0 fully saturated rings. The van der Waals surface area contributed by atoms with Gasteiger partial charge in [0.1, 0.15) is 17.4 Å². The summed E-state index contributed by atoms with van der Waals surface area (Å²) in [6.07, 6.45) is 0. The van der Waals surface area contributed by atoms with E-state index in [1.807, 2.05) is 6.07 Å². The Hall–Kier alpha value is -0.830. The SMILES string of the molecule is Oc1ccc2c(c1)OCS2. The fourth-order valence-electron chi connectivity index (χ4n) is 0.885. The van der Waals surface area contributed by atoms with Gasteiger partial charge < -0.3 is 9.84 Å². The van der Waals surface area contributed by atoms with E-state index in [2.05, 4.69) is 0 Å². The monoisotopic (exact) mass is 154 g/mol. The third-order valence-corrected chi connectivity index (χ3v) is 2.24. The van der Waals surface area contributed by atoms with Crippen LogP contribution in [-0.2, 0) is 0 Å². The third-order valence-electron chi connectivity index (χ3n) is 1.36. The maximum absolute atomic E-state index is 9.01. The van der Waals surface area contributed by atoms with Crippen LogP contribution in [0.2, 0.25) is 0 Å². The van der Waals surface area contributed by atoms with Crippen molar-refractivity contribution in [2.24, 2.45) is 0 Å². The minimum Gasteiger partial charge on any atom is -0.508 e. The first kappa shape index (κ1) is 5.92. The highest BCUT2D eigenvalue weighted by atomic mass is 32.2. The van der Waals surface area contributed by atoms with Gasteiger partial charge in [-0.1, -0.05) is 11.8 Å². The summed E-state index contributed by atoms with van der Waals surface area (Å²) < 4.78 is 5.18. The minimum atomic E-state index is 0.265. The van der Waals surface area contributed by atoms with Gasteiger partial charge in [0.25, 0.3) is 0 Å². The Morgan fingerprint density at radius 1 is 1.50 bits per heavy atom. The van der Waals surface area contributed by atoms with E-state index >= 15 is 0 Å². The van der Waals surface area contributed by atoms with Crippen LogP contribution in [0.15, 0.2) is 23.1 Å². The van der Waals surface area contributed by atoms with E-state index in [0.29, 0.717) is 5.94 Å². The molecule has 2 rings (SSSR count). The zero-order valence-corrected chi connectivity index (χ0v) is 6.02. The van der Waals surface area contributed by atoms with Gasteiger partial charge in [-0.15, -0.1) is 0 Å². The van der Waals surface area contributed by atoms with E-state index in [0.717, 1.165) is 10.6 Å². The van der Waals surface area contributed by atoms with E-state index in [1.165, 1.54) is 0 Å². The van der Waals surface area contributed by atoms with Crippen LogP contribution in [0.25, 0.3) is 0 Å². The molecule has 1 N–H and O–H groups in total.